The molecule has 0 saturated carbocycles. The molecule has 0 aliphatic heterocycles. The lowest BCUT2D eigenvalue weighted by molar-refractivity contribution is -0.109. The van der Waals surface area contributed by atoms with Crippen molar-refractivity contribution >= 4 is 12.5 Å². The SMILES string of the molecule is [2H]C([2H])([2H])Oc1cc(CCNC=O)ccc1OC(=O)NCCc1ccc(OC([2H])([2H])[2H])c(OC([2H])([2H])[2H])c1. The average molecular weight is 412 g/mol. The summed E-state index contributed by atoms with van der Waals surface area (Å²) in [6, 6.07) is 8.32. The molecule has 0 spiro atoms. The topological polar surface area (TPSA) is 95.1 Å². The van der Waals surface area contributed by atoms with Gasteiger partial charge in [0.05, 0.1) is 33.5 Å². The summed E-state index contributed by atoms with van der Waals surface area (Å²) in [5, 5.41) is 4.95. The highest BCUT2D eigenvalue weighted by molar-refractivity contribution is 5.71. The minimum absolute atomic E-state index is 0.0103. The Kier molecular flexibility index (Phi) is 4.81. The van der Waals surface area contributed by atoms with Gasteiger partial charge in [-0.2, -0.15) is 0 Å². The van der Waals surface area contributed by atoms with Crippen LogP contribution >= 0.6 is 0 Å². The largest absolute Gasteiger partial charge is 0.493 e. The van der Waals surface area contributed by atoms with E-state index in [0.29, 0.717) is 30.5 Å². The Labute approximate surface area is 182 Å². The maximum atomic E-state index is 12.3. The highest BCUT2D eigenvalue weighted by Gasteiger charge is 2.11. The summed E-state index contributed by atoms with van der Waals surface area (Å²) in [4.78, 5) is 22.7. The maximum absolute atomic E-state index is 12.3. The maximum Gasteiger partial charge on any atom is 0.412 e. The molecule has 29 heavy (non-hydrogen) atoms. The fourth-order valence-electron chi connectivity index (χ4n) is 2.46. The van der Waals surface area contributed by atoms with Crippen molar-refractivity contribution in [3.8, 4) is 23.0 Å². The summed E-state index contributed by atoms with van der Waals surface area (Å²) in [7, 11) is -8.49. The van der Waals surface area contributed by atoms with E-state index in [9.17, 15) is 9.59 Å². The zero-order valence-corrected chi connectivity index (χ0v) is 15.3. The molecule has 0 bridgehead atoms. The van der Waals surface area contributed by atoms with Gasteiger partial charge in [0.15, 0.2) is 23.0 Å². The fourth-order valence-corrected chi connectivity index (χ4v) is 2.46. The monoisotopic (exact) mass is 411 g/mol. The lowest BCUT2D eigenvalue weighted by Crippen LogP contribution is -2.28. The van der Waals surface area contributed by atoms with E-state index in [4.69, 9.17) is 31.3 Å². The first-order valence-corrected chi connectivity index (χ1v) is 8.50. The first kappa shape index (κ1) is 12.2. The van der Waals surface area contributed by atoms with Crippen molar-refractivity contribution in [2.24, 2.45) is 0 Å². The number of rotatable bonds is 11. The number of hydrogen-bond acceptors (Lipinski definition) is 6. The molecule has 156 valence electrons. The fraction of sp³-hybridized carbons (Fsp3) is 0.333. The van der Waals surface area contributed by atoms with E-state index in [1.54, 1.807) is 6.07 Å². The third-order valence-electron chi connectivity index (χ3n) is 3.87. The van der Waals surface area contributed by atoms with E-state index in [1.807, 2.05) is 0 Å². The zero-order chi connectivity index (χ0) is 28.6. The second kappa shape index (κ2) is 11.4. The van der Waals surface area contributed by atoms with Crippen LogP contribution in [0.2, 0.25) is 0 Å². The van der Waals surface area contributed by atoms with Crippen LogP contribution in [0.4, 0.5) is 4.79 Å². The number of methoxy groups -OCH3 is 3. The van der Waals surface area contributed by atoms with Crippen molar-refractivity contribution in [1.82, 2.24) is 10.6 Å². The van der Waals surface area contributed by atoms with Gasteiger partial charge in [0.2, 0.25) is 6.41 Å². The molecule has 0 fully saturated rings. The number of ether oxygens (including phenoxy) is 4. The molecule has 0 unspecified atom stereocenters. The number of hydrogen-bond donors (Lipinski definition) is 2. The minimum Gasteiger partial charge on any atom is -0.493 e. The number of benzene rings is 2. The Morgan fingerprint density at radius 3 is 2.14 bits per heavy atom. The zero-order valence-electron chi connectivity index (χ0n) is 24.3. The smallest absolute Gasteiger partial charge is 0.412 e. The molecule has 0 aliphatic rings. The van der Waals surface area contributed by atoms with Crippen molar-refractivity contribution in [1.29, 1.82) is 0 Å². The average Bonchev–Trinajstić information content (AvgIpc) is 2.74. The summed E-state index contributed by atoms with van der Waals surface area (Å²) >= 11 is 0. The molecule has 8 nitrogen and oxygen atoms in total. The lowest BCUT2D eigenvalue weighted by Gasteiger charge is -2.12. The highest BCUT2D eigenvalue weighted by atomic mass is 16.6. The molecule has 2 aromatic carbocycles. The standard InChI is InChI=1S/C21H26N2O6/c1-26-17-6-4-16(12-19(17)27-2)9-11-23-21(25)29-18-7-5-15(8-10-22-14-24)13-20(18)28-3/h4-7,12-14H,8-11H2,1-3H3,(H,22,24)(H,23,25)/i1D3,2D3,3D3. The van der Waals surface area contributed by atoms with E-state index in [0.717, 1.165) is 0 Å². The Morgan fingerprint density at radius 2 is 1.48 bits per heavy atom. The van der Waals surface area contributed by atoms with E-state index in [2.05, 4.69) is 10.6 Å². The summed E-state index contributed by atoms with van der Waals surface area (Å²) < 4.78 is 85.3. The number of nitrogens with one attached hydrogen (secondary N) is 2. The Morgan fingerprint density at radius 1 is 0.897 bits per heavy atom. The van der Waals surface area contributed by atoms with Crippen LogP contribution in [0.3, 0.4) is 0 Å². The summed E-state index contributed by atoms with van der Waals surface area (Å²) in [5.41, 5.74) is 1.12. The second-order valence-corrected chi connectivity index (χ2v) is 5.76. The first-order chi connectivity index (χ1) is 17.5. The Bertz CT molecular complexity index is 1100. The first-order valence-electron chi connectivity index (χ1n) is 13.0. The van der Waals surface area contributed by atoms with Gasteiger partial charge >= 0.3 is 6.09 Å². The summed E-state index contributed by atoms with van der Waals surface area (Å²) in [5.74, 6) is -0.939. The van der Waals surface area contributed by atoms with Gasteiger partial charge in [-0.15, -0.1) is 0 Å². The minimum atomic E-state index is -2.86. The number of carbonyl (C=O) groups excluding carboxylic acids is 2. The van der Waals surface area contributed by atoms with Crippen LogP contribution in [0, 0.1) is 0 Å². The predicted octanol–water partition coefficient (Wildman–Crippen LogP) is 2.33. The molecule has 0 radical (unpaired) electrons. The van der Waals surface area contributed by atoms with Gasteiger partial charge in [0.1, 0.15) is 0 Å². The van der Waals surface area contributed by atoms with Crippen molar-refractivity contribution in [3.05, 3.63) is 47.5 Å². The quantitative estimate of drug-likeness (QED) is 0.435. The van der Waals surface area contributed by atoms with E-state index in [-0.39, 0.29) is 36.0 Å². The molecule has 0 heterocycles. The Balaban J connectivity index is 2.06. The van der Waals surface area contributed by atoms with Crippen LogP contribution < -0.4 is 29.6 Å². The van der Waals surface area contributed by atoms with Crippen LogP contribution in [0.1, 0.15) is 23.5 Å². The van der Waals surface area contributed by atoms with Gasteiger partial charge in [-0.1, -0.05) is 12.1 Å². The van der Waals surface area contributed by atoms with Gasteiger partial charge in [-0.25, -0.2) is 4.79 Å². The normalized spacial score (nSPS) is 15.9. The molecule has 2 N–H and O–H groups in total. The molecule has 8 heteroatoms. The lowest BCUT2D eigenvalue weighted by atomic mass is 10.1. The Hall–Kier alpha value is -3.42. The molecule has 2 amide bonds. The van der Waals surface area contributed by atoms with Gasteiger partial charge in [-0.3, -0.25) is 4.79 Å². The van der Waals surface area contributed by atoms with Crippen LogP contribution in [0.25, 0.3) is 0 Å². The van der Waals surface area contributed by atoms with Crippen LogP contribution in [0.5, 0.6) is 23.0 Å². The third kappa shape index (κ3) is 6.60. The molecule has 2 aromatic rings. The van der Waals surface area contributed by atoms with E-state index >= 15 is 0 Å². The van der Waals surface area contributed by atoms with Crippen LogP contribution in [-0.4, -0.2) is 46.7 Å². The van der Waals surface area contributed by atoms with Crippen LogP contribution in [-0.2, 0) is 17.6 Å². The van der Waals surface area contributed by atoms with E-state index in [1.165, 1.54) is 30.3 Å². The molecule has 0 saturated heterocycles. The van der Waals surface area contributed by atoms with Gasteiger partial charge in [0, 0.05) is 13.1 Å². The van der Waals surface area contributed by atoms with Gasteiger partial charge in [-0.05, 0) is 48.2 Å². The summed E-state index contributed by atoms with van der Waals surface area (Å²) in [6.45, 7) is 0.316. The number of carbonyl (C=O) groups is 2. The summed E-state index contributed by atoms with van der Waals surface area (Å²) in [6.07, 6.45) is 0.160. The third-order valence-corrected chi connectivity index (χ3v) is 3.87. The van der Waals surface area contributed by atoms with Crippen molar-refractivity contribution < 1.29 is 40.9 Å². The van der Waals surface area contributed by atoms with Crippen molar-refractivity contribution in [2.75, 3.05) is 34.2 Å². The molecular weight excluding hydrogens is 376 g/mol. The van der Waals surface area contributed by atoms with Gasteiger partial charge in [0.25, 0.3) is 0 Å². The number of amides is 2. The van der Waals surface area contributed by atoms with Crippen LogP contribution in [0.15, 0.2) is 36.4 Å². The van der Waals surface area contributed by atoms with Crippen molar-refractivity contribution in [2.45, 2.75) is 12.8 Å². The second-order valence-electron chi connectivity index (χ2n) is 5.76. The van der Waals surface area contributed by atoms with E-state index < -0.39 is 27.2 Å². The molecule has 0 atom stereocenters. The molecule has 0 aromatic heterocycles. The predicted molar refractivity (Wildman–Crippen MR) is 108 cm³/mol. The molecular formula is C21H26N2O6. The van der Waals surface area contributed by atoms with Crippen molar-refractivity contribution in [3.63, 3.8) is 0 Å². The van der Waals surface area contributed by atoms with Gasteiger partial charge < -0.3 is 29.6 Å². The molecule has 0 aliphatic carbocycles. The highest BCUT2D eigenvalue weighted by Crippen LogP contribution is 2.29. The molecule has 2 rings (SSSR count).